The number of benzene rings is 1. The van der Waals surface area contributed by atoms with Gasteiger partial charge < -0.3 is 5.11 Å². The van der Waals surface area contributed by atoms with E-state index in [-0.39, 0.29) is 6.61 Å². The van der Waals surface area contributed by atoms with Crippen LogP contribution >= 0.6 is 0 Å². The zero-order valence-electron chi connectivity index (χ0n) is 9.78. The van der Waals surface area contributed by atoms with Gasteiger partial charge in [0.25, 0.3) is 0 Å². The molecule has 0 saturated carbocycles. The topological polar surface area (TPSA) is 76.7 Å². The third-order valence-corrected chi connectivity index (χ3v) is 2.68. The molecule has 0 atom stereocenters. The standard InChI is InChI=1S/C12H11N5O/c1-8-13-6-9(7-18)12(14-8)17-11-5-3-2-4-10(11)15-16-17/h2-6,18H,7H2,1H3. The minimum Gasteiger partial charge on any atom is -0.391 e. The molecule has 0 amide bonds. The summed E-state index contributed by atoms with van der Waals surface area (Å²) in [6.07, 6.45) is 1.61. The summed E-state index contributed by atoms with van der Waals surface area (Å²) < 4.78 is 1.62. The lowest BCUT2D eigenvalue weighted by atomic mass is 10.3. The highest BCUT2D eigenvalue weighted by Crippen LogP contribution is 2.17. The summed E-state index contributed by atoms with van der Waals surface area (Å²) in [5, 5.41) is 17.5. The zero-order chi connectivity index (χ0) is 12.5. The van der Waals surface area contributed by atoms with Crippen molar-refractivity contribution in [2.24, 2.45) is 0 Å². The van der Waals surface area contributed by atoms with Crippen molar-refractivity contribution in [3.05, 3.63) is 41.9 Å². The van der Waals surface area contributed by atoms with Gasteiger partial charge in [-0.25, -0.2) is 9.97 Å². The van der Waals surface area contributed by atoms with Gasteiger partial charge in [-0.2, -0.15) is 4.68 Å². The Hall–Kier alpha value is -2.34. The van der Waals surface area contributed by atoms with Gasteiger partial charge in [0, 0.05) is 11.8 Å². The van der Waals surface area contributed by atoms with Gasteiger partial charge in [-0.05, 0) is 19.1 Å². The van der Waals surface area contributed by atoms with Crippen LogP contribution in [0, 0.1) is 6.92 Å². The molecular formula is C12H11N5O. The molecule has 6 nitrogen and oxygen atoms in total. The van der Waals surface area contributed by atoms with Gasteiger partial charge >= 0.3 is 0 Å². The Labute approximate surface area is 103 Å². The number of hydrogen-bond donors (Lipinski definition) is 1. The van der Waals surface area contributed by atoms with Crippen LogP contribution in [0.2, 0.25) is 0 Å². The largest absolute Gasteiger partial charge is 0.391 e. The molecule has 90 valence electrons. The minimum absolute atomic E-state index is 0.135. The van der Waals surface area contributed by atoms with Gasteiger partial charge in [-0.15, -0.1) is 5.10 Å². The van der Waals surface area contributed by atoms with Gasteiger partial charge in [0.15, 0.2) is 5.82 Å². The molecule has 0 spiro atoms. The van der Waals surface area contributed by atoms with Gasteiger partial charge in [-0.3, -0.25) is 0 Å². The third-order valence-electron chi connectivity index (χ3n) is 2.68. The molecule has 1 N–H and O–H groups in total. The maximum Gasteiger partial charge on any atom is 0.165 e. The second kappa shape index (κ2) is 4.15. The van der Waals surface area contributed by atoms with E-state index >= 15 is 0 Å². The molecule has 0 aliphatic heterocycles. The highest BCUT2D eigenvalue weighted by Gasteiger charge is 2.12. The van der Waals surface area contributed by atoms with Crippen LogP contribution in [0.15, 0.2) is 30.5 Å². The first-order valence-corrected chi connectivity index (χ1v) is 5.54. The van der Waals surface area contributed by atoms with Crippen molar-refractivity contribution in [3.8, 4) is 5.82 Å². The van der Waals surface area contributed by atoms with Crippen LogP contribution in [0.3, 0.4) is 0 Å². The Balaban J connectivity index is 2.29. The van der Waals surface area contributed by atoms with Gasteiger partial charge in [-0.1, -0.05) is 17.3 Å². The van der Waals surface area contributed by atoms with Crippen LogP contribution in [0.5, 0.6) is 0 Å². The second-order valence-corrected chi connectivity index (χ2v) is 3.91. The highest BCUT2D eigenvalue weighted by atomic mass is 16.3. The maximum atomic E-state index is 9.34. The number of rotatable bonds is 2. The first-order valence-electron chi connectivity index (χ1n) is 5.54. The third kappa shape index (κ3) is 1.63. The Morgan fingerprint density at radius 3 is 2.94 bits per heavy atom. The fourth-order valence-electron chi connectivity index (χ4n) is 1.80. The minimum atomic E-state index is -0.135. The number of aliphatic hydroxyl groups is 1. The number of hydrogen-bond acceptors (Lipinski definition) is 5. The molecule has 0 aliphatic carbocycles. The van der Waals surface area contributed by atoms with E-state index in [1.54, 1.807) is 17.8 Å². The zero-order valence-corrected chi connectivity index (χ0v) is 9.78. The van der Waals surface area contributed by atoms with Gasteiger partial charge in [0.2, 0.25) is 0 Å². The van der Waals surface area contributed by atoms with E-state index in [1.807, 2.05) is 24.3 Å². The Morgan fingerprint density at radius 2 is 2.11 bits per heavy atom. The van der Waals surface area contributed by atoms with Crippen LogP contribution in [-0.2, 0) is 6.61 Å². The molecule has 6 heteroatoms. The summed E-state index contributed by atoms with van der Waals surface area (Å²) in [5.74, 6) is 1.19. The van der Waals surface area contributed by atoms with Crippen molar-refractivity contribution in [2.75, 3.05) is 0 Å². The van der Waals surface area contributed by atoms with Crippen molar-refractivity contribution in [2.45, 2.75) is 13.5 Å². The van der Waals surface area contributed by atoms with Crippen molar-refractivity contribution < 1.29 is 5.11 Å². The maximum absolute atomic E-state index is 9.34. The van der Waals surface area contributed by atoms with Gasteiger partial charge in [0.1, 0.15) is 11.3 Å². The molecule has 3 aromatic rings. The summed E-state index contributed by atoms with van der Waals surface area (Å²) in [7, 11) is 0. The average molecular weight is 241 g/mol. The van der Waals surface area contributed by atoms with Crippen LogP contribution in [0.25, 0.3) is 16.9 Å². The molecule has 2 heterocycles. The van der Waals surface area contributed by atoms with E-state index in [0.717, 1.165) is 11.0 Å². The van der Waals surface area contributed by atoms with E-state index in [4.69, 9.17) is 0 Å². The quantitative estimate of drug-likeness (QED) is 0.724. The monoisotopic (exact) mass is 241 g/mol. The molecule has 0 saturated heterocycles. The van der Waals surface area contributed by atoms with Crippen molar-refractivity contribution >= 4 is 11.0 Å². The Morgan fingerprint density at radius 1 is 1.28 bits per heavy atom. The smallest absolute Gasteiger partial charge is 0.165 e. The van der Waals surface area contributed by atoms with Gasteiger partial charge in [0.05, 0.1) is 12.1 Å². The van der Waals surface area contributed by atoms with E-state index < -0.39 is 0 Å². The van der Waals surface area contributed by atoms with Crippen LogP contribution in [-0.4, -0.2) is 30.1 Å². The molecule has 1 aromatic carbocycles. The average Bonchev–Trinajstić information content (AvgIpc) is 2.82. The molecular weight excluding hydrogens is 230 g/mol. The number of aryl methyl sites for hydroxylation is 1. The number of nitrogens with zero attached hydrogens (tertiary/aromatic N) is 5. The Kier molecular flexibility index (Phi) is 2.49. The molecule has 3 rings (SSSR count). The number of aliphatic hydroxyl groups excluding tert-OH is 1. The first-order chi connectivity index (χ1) is 8.79. The normalized spacial score (nSPS) is 11.0. The summed E-state index contributed by atoms with van der Waals surface area (Å²) in [6, 6.07) is 7.60. The Bertz CT molecular complexity index is 707. The van der Waals surface area contributed by atoms with E-state index in [2.05, 4.69) is 20.3 Å². The van der Waals surface area contributed by atoms with Crippen LogP contribution < -0.4 is 0 Å². The lowest BCUT2D eigenvalue weighted by Crippen LogP contribution is -2.07. The van der Waals surface area contributed by atoms with Crippen LogP contribution in [0.4, 0.5) is 0 Å². The molecule has 2 aromatic heterocycles. The molecule has 0 radical (unpaired) electrons. The fourth-order valence-corrected chi connectivity index (χ4v) is 1.80. The predicted molar refractivity (Wildman–Crippen MR) is 65.1 cm³/mol. The molecule has 18 heavy (non-hydrogen) atoms. The first kappa shape index (κ1) is 10.8. The second-order valence-electron chi connectivity index (χ2n) is 3.91. The SMILES string of the molecule is Cc1ncc(CO)c(-n2nnc3ccccc32)n1. The lowest BCUT2D eigenvalue weighted by Gasteiger charge is -2.06. The van der Waals surface area contributed by atoms with Crippen molar-refractivity contribution in [1.29, 1.82) is 0 Å². The highest BCUT2D eigenvalue weighted by molar-refractivity contribution is 5.75. The van der Waals surface area contributed by atoms with E-state index in [0.29, 0.717) is 17.2 Å². The molecule has 0 fully saturated rings. The predicted octanol–water partition coefficient (Wildman–Crippen LogP) is 1.01. The van der Waals surface area contributed by atoms with Crippen molar-refractivity contribution in [1.82, 2.24) is 25.0 Å². The number of aromatic nitrogens is 5. The van der Waals surface area contributed by atoms with Crippen LogP contribution in [0.1, 0.15) is 11.4 Å². The molecule has 0 unspecified atom stereocenters. The van der Waals surface area contributed by atoms with E-state index in [1.165, 1.54) is 0 Å². The lowest BCUT2D eigenvalue weighted by molar-refractivity contribution is 0.280. The van der Waals surface area contributed by atoms with E-state index in [9.17, 15) is 5.11 Å². The summed E-state index contributed by atoms with van der Waals surface area (Å²) in [6.45, 7) is 1.66. The number of para-hydroxylation sites is 1. The van der Waals surface area contributed by atoms with Crippen molar-refractivity contribution in [3.63, 3.8) is 0 Å². The number of fused-ring (bicyclic) bond motifs is 1. The summed E-state index contributed by atoms with van der Waals surface area (Å²) in [5.41, 5.74) is 2.26. The molecule has 0 aliphatic rings. The summed E-state index contributed by atoms with van der Waals surface area (Å²) in [4.78, 5) is 8.39. The summed E-state index contributed by atoms with van der Waals surface area (Å²) >= 11 is 0. The molecule has 0 bridgehead atoms. The fraction of sp³-hybridized carbons (Fsp3) is 0.167.